The molecule has 0 fully saturated rings. The van der Waals surface area contributed by atoms with Crippen molar-refractivity contribution in [1.82, 2.24) is 0 Å². The van der Waals surface area contributed by atoms with Gasteiger partial charge in [-0.25, -0.2) is 4.39 Å². The number of amides is 1. The maximum Gasteiger partial charge on any atom is 0.235 e. The van der Waals surface area contributed by atoms with Gasteiger partial charge in [-0.05, 0) is 40.2 Å². The number of fused-ring (bicyclic) bond motifs is 1. The van der Waals surface area contributed by atoms with E-state index in [0.29, 0.717) is 16.8 Å². The number of carbonyl (C=O) groups excluding carboxylic acids is 1. The van der Waals surface area contributed by atoms with Gasteiger partial charge in [0.1, 0.15) is 24.1 Å². The fourth-order valence-electron chi connectivity index (χ4n) is 2.19. The lowest BCUT2D eigenvalue weighted by molar-refractivity contribution is -0.117. The van der Waals surface area contributed by atoms with Gasteiger partial charge < -0.3 is 10.1 Å². The van der Waals surface area contributed by atoms with Crippen LogP contribution in [0.2, 0.25) is 0 Å². The van der Waals surface area contributed by atoms with Crippen LogP contribution in [0.25, 0.3) is 0 Å². The first-order valence-corrected chi connectivity index (χ1v) is 6.92. The highest BCUT2D eigenvalue weighted by atomic mass is 79.9. The Hall–Kier alpha value is -1.88. The molecule has 2 aromatic rings. The molecular formula is C15H11BrFNO2. The van der Waals surface area contributed by atoms with E-state index in [4.69, 9.17) is 4.74 Å². The second-order valence-electron chi connectivity index (χ2n) is 4.51. The maximum absolute atomic E-state index is 13.2. The van der Waals surface area contributed by atoms with Crippen molar-refractivity contribution in [3.8, 4) is 5.75 Å². The van der Waals surface area contributed by atoms with Crippen LogP contribution in [0, 0.1) is 5.82 Å². The number of hydrogen-bond donors (Lipinski definition) is 1. The first-order chi connectivity index (χ1) is 9.65. The third kappa shape index (κ3) is 2.41. The third-order valence-corrected chi connectivity index (χ3v) is 3.89. The predicted molar refractivity (Wildman–Crippen MR) is 77.4 cm³/mol. The van der Waals surface area contributed by atoms with Crippen molar-refractivity contribution in [2.24, 2.45) is 0 Å². The molecule has 1 amide bonds. The zero-order chi connectivity index (χ0) is 14.1. The SMILES string of the molecule is O=C(Nc1cc(F)ccc1Br)C1COc2ccccc21. The fourth-order valence-corrected chi connectivity index (χ4v) is 2.54. The quantitative estimate of drug-likeness (QED) is 0.908. The molecule has 0 saturated carbocycles. The maximum atomic E-state index is 13.2. The van der Waals surface area contributed by atoms with Gasteiger partial charge in [-0.1, -0.05) is 18.2 Å². The van der Waals surface area contributed by atoms with Gasteiger partial charge >= 0.3 is 0 Å². The average molecular weight is 336 g/mol. The number of rotatable bonds is 2. The number of halogens is 2. The molecule has 3 nitrogen and oxygen atoms in total. The lowest BCUT2D eigenvalue weighted by Crippen LogP contribution is -2.22. The van der Waals surface area contributed by atoms with Crippen LogP contribution >= 0.6 is 15.9 Å². The highest BCUT2D eigenvalue weighted by Crippen LogP contribution is 2.34. The molecule has 2 aromatic carbocycles. The molecule has 1 aliphatic rings. The summed E-state index contributed by atoms with van der Waals surface area (Å²) in [5, 5.41) is 2.73. The van der Waals surface area contributed by atoms with Gasteiger partial charge in [-0.3, -0.25) is 4.79 Å². The normalized spacial score (nSPS) is 16.4. The molecule has 1 heterocycles. The summed E-state index contributed by atoms with van der Waals surface area (Å²) in [4.78, 5) is 12.3. The zero-order valence-electron chi connectivity index (χ0n) is 10.4. The van der Waals surface area contributed by atoms with E-state index in [0.717, 1.165) is 11.3 Å². The number of nitrogens with one attached hydrogen (secondary N) is 1. The summed E-state index contributed by atoms with van der Waals surface area (Å²) in [6.45, 7) is 0.304. The number of anilines is 1. The standard InChI is InChI=1S/C15H11BrFNO2/c16-12-6-5-9(17)7-13(12)18-15(19)11-8-20-14-4-2-1-3-10(11)14/h1-7,11H,8H2,(H,18,19). The number of benzene rings is 2. The Bertz CT molecular complexity index is 675. The van der Waals surface area contributed by atoms with E-state index in [-0.39, 0.29) is 11.8 Å². The number of carbonyl (C=O) groups is 1. The number of ether oxygens (including phenoxy) is 1. The average Bonchev–Trinajstić information content (AvgIpc) is 2.87. The Morgan fingerprint density at radius 2 is 2.10 bits per heavy atom. The van der Waals surface area contributed by atoms with Crippen molar-refractivity contribution < 1.29 is 13.9 Å². The minimum Gasteiger partial charge on any atom is -0.492 e. The molecule has 1 atom stereocenters. The highest BCUT2D eigenvalue weighted by molar-refractivity contribution is 9.10. The predicted octanol–water partition coefficient (Wildman–Crippen LogP) is 3.70. The Balaban J connectivity index is 1.83. The largest absolute Gasteiger partial charge is 0.492 e. The summed E-state index contributed by atoms with van der Waals surface area (Å²) >= 11 is 3.29. The summed E-state index contributed by atoms with van der Waals surface area (Å²) in [7, 11) is 0. The van der Waals surface area contributed by atoms with Crippen LogP contribution in [0.15, 0.2) is 46.9 Å². The van der Waals surface area contributed by atoms with Gasteiger partial charge in [0.2, 0.25) is 5.91 Å². The molecule has 102 valence electrons. The fraction of sp³-hybridized carbons (Fsp3) is 0.133. The summed E-state index contributed by atoms with van der Waals surface area (Å²) in [5.74, 6) is -0.250. The zero-order valence-corrected chi connectivity index (χ0v) is 12.0. The molecule has 3 rings (SSSR count). The number of hydrogen-bond acceptors (Lipinski definition) is 2. The number of para-hydroxylation sites is 1. The molecule has 0 spiro atoms. The van der Waals surface area contributed by atoms with Crippen LogP contribution in [-0.4, -0.2) is 12.5 Å². The third-order valence-electron chi connectivity index (χ3n) is 3.20. The van der Waals surface area contributed by atoms with Gasteiger partial charge in [-0.15, -0.1) is 0 Å². The van der Waals surface area contributed by atoms with E-state index in [1.54, 1.807) is 6.07 Å². The van der Waals surface area contributed by atoms with Crippen LogP contribution in [0.5, 0.6) is 5.75 Å². The monoisotopic (exact) mass is 335 g/mol. The molecule has 0 bridgehead atoms. The topological polar surface area (TPSA) is 38.3 Å². The van der Waals surface area contributed by atoms with Gasteiger partial charge in [0, 0.05) is 10.0 Å². The van der Waals surface area contributed by atoms with E-state index in [9.17, 15) is 9.18 Å². The first-order valence-electron chi connectivity index (χ1n) is 6.13. The second kappa shape index (κ2) is 5.25. The molecule has 0 radical (unpaired) electrons. The smallest absolute Gasteiger partial charge is 0.235 e. The van der Waals surface area contributed by atoms with Gasteiger partial charge in [0.05, 0.1) is 5.69 Å². The van der Waals surface area contributed by atoms with Crippen LogP contribution in [0.4, 0.5) is 10.1 Å². The lowest BCUT2D eigenvalue weighted by Gasteiger charge is -2.11. The molecular weight excluding hydrogens is 325 g/mol. The Kier molecular flexibility index (Phi) is 3.44. The van der Waals surface area contributed by atoms with Crippen LogP contribution < -0.4 is 10.1 Å². The summed E-state index contributed by atoms with van der Waals surface area (Å²) < 4.78 is 19.3. The highest BCUT2D eigenvalue weighted by Gasteiger charge is 2.30. The Labute approximate surface area is 123 Å². The molecule has 1 aliphatic heterocycles. The lowest BCUT2D eigenvalue weighted by atomic mass is 10.0. The Morgan fingerprint density at radius 3 is 2.95 bits per heavy atom. The van der Waals surface area contributed by atoms with E-state index >= 15 is 0 Å². The summed E-state index contributed by atoms with van der Waals surface area (Å²) in [6.07, 6.45) is 0. The summed E-state index contributed by atoms with van der Waals surface area (Å²) in [6, 6.07) is 11.6. The second-order valence-corrected chi connectivity index (χ2v) is 5.37. The summed E-state index contributed by atoms with van der Waals surface area (Å²) in [5.41, 5.74) is 1.27. The van der Waals surface area contributed by atoms with Crippen LogP contribution in [-0.2, 0) is 4.79 Å². The molecule has 0 aromatic heterocycles. The van der Waals surface area contributed by atoms with Crippen molar-refractivity contribution in [2.45, 2.75) is 5.92 Å². The van der Waals surface area contributed by atoms with Crippen molar-refractivity contribution in [3.63, 3.8) is 0 Å². The van der Waals surface area contributed by atoms with E-state index in [2.05, 4.69) is 21.2 Å². The molecule has 20 heavy (non-hydrogen) atoms. The van der Waals surface area contributed by atoms with Crippen molar-refractivity contribution in [3.05, 3.63) is 58.3 Å². The van der Waals surface area contributed by atoms with E-state index in [1.807, 2.05) is 24.3 Å². The molecule has 1 unspecified atom stereocenters. The van der Waals surface area contributed by atoms with Crippen LogP contribution in [0.1, 0.15) is 11.5 Å². The Morgan fingerprint density at radius 1 is 1.30 bits per heavy atom. The van der Waals surface area contributed by atoms with Gasteiger partial charge in [0.25, 0.3) is 0 Å². The minimum atomic E-state index is -0.397. The molecule has 5 heteroatoms. The molecule has 0 aliphatic carbocycles. The van der Waals surface area contributed by atoms with Gasteiger partial charge in [0.15, 0.2) is 0 Å². The molecule has 1 N–H and O–H groups in total. The van der Waals surface area contributed by atoms with Crippen LogP contribution in [0.3, 0.4) is 0 Å². The minimum absolute atomic E-state index is 0.207. The molecule has 0 saturated heterocycles. The van der Waals surface area contributed by atoms with E-state index in [1.165, 1.54) is 12.1 Å². The van der Waals surface area contributed by atoms with E-state index < -0.39 is 5.82 Å². The van der Waals surface area contributed by atoms with Crippen molar-refractivity contribution in [1.29, 1.82) is 0 Å². The van der Waals surface area contributed by atoms with Crippen molar-refractivity contribution >= 4 is 27.5 Å². The first kappa shape index (κ1) is 13.1. The van der Waals surface area contributed by atoms with Crippen molar-refractivity contribution in [2.75, 3.05) is 11.9 Å². The van der Waals surface area contributed by atoms with Gasteiger partial charge in [-0.2, -0.15) is 0 Å².